The van der Waals surface area contributed by atoms with Crippen molar-refractivity contribution in [3.63, 3.8) is 0 Å². The summed E-state index contributed by atoms with van der Waals surface area (Å²) in [6, 6.07) is -0.848. The number of rotatable bonds is 4. The summed E-state index contributed by atoms with van der Waals surface area (Å²) in [6.45, 7) is 1.93. The van der Waals surface area contributed by atoms with Crippen LogP contribution >= 0.6 is 12.6 Å². The van der Waals surface area contributed by atoms with E-state index in [1.54, 1.807) is 6.92 Å². The lowest BCUT2D eigenvalue weighted by Gasteiger charge is -2.23. The summed E-state index contributed by atoms with van der Waals surface area (Å²) < 4.78 is 0. The van der Waals surface area contributed by atoms with Crippen LogP contribution in [0, 0.1) is 5.92 Å². The molecule has 0 aliphatic carbocycles. The van der Waals surface area contributed by atoms with Crippen molar-refractivity contribution in [1.82, 2.24) is 4.90 Å². The number of oxime groups is 1. The third-order valence-electron chi connectivity index (χ3n) is 2.64. The van der Waals surface area contributed by atoms with Crippen LogP contribution in [-0.2, 0) is 14.4 Å². The first-order chi connectivity index (χ1) is 8.01. The number of amides is 1. The van der Waals surface area contributed by atoms with Crippen molar-refractivity contribution >= 4 is 30.2 Å². The van der Waals surface area contributed by atoms with Gasteiger partial charge in [-0.2, -0.15) is 12.6 Å². The van der Waals surface area contributed by atoms with Crippen LogP contribution < -0.4 is 0 Å². The summed E-state index contributed by atoms with van der Waals surface area (Å²) in [5, 5.41) is 12.8. The number of hydrogen-bond donors (Lipinski definition) is 2. The van der Waals surface area contributed by atoms with E-state index in [4.69, 9.17) is 5.11 Å². The van der Waals surface area contributed by atoms with Gasteiger partial charge in [-0.1, -0.05) is 12.1 Å². The van der Waals surface area contributed by atoms with E-state index in [0.29, 0.717) is 11.5 Å². The SMILES string of the molecule is CO/N=C1\C[C@@H](C(=O)O)N(C(=O)C(C)CS)C1. The maximum Gasteiger partial charge on any atom is 0.326 e. The Hall–Kier alpha value is -1.24. The molecule has 1 N–H and O–H groups in total. The van der Waals surface area contributed by atoms with Crippen molar-refractivity contribution in [2.24, 2.45) is 11.1 Å². The topological polar surface area (TPSA) is 79.2 Å². The Bertz CT molecular complexity index is 345. The maximum absolute atomic E-state index is 12.0. The largest absolute Gasteiger partial charge is 0.480 e. The molecule has 1 saturated heterocycles. The molecular weight excluding hydrogens is 244 g/mol. The predicted octanol–water partition coefficient (Wildman–Crippen LogP) is 0.240. The number of carboxylic acid groups (broad SMARTS) is 1. The second-order valence-corrected chi connectivity index (χ2v) is 4.31. The first-order valence-electron chi connectivity index (χ1n) is 5.24. The van der Waals surface area contributed by atoms with Crippen LogP contribution in [-0.4, -0.2) is 53.0 Å². The average Bonchev–Trinajstić information content (AvgIpc) is 2.71. The van der Waals surface area contributed by atoms with Gasteiger partial charge < -0.3 is 14.8 Å². The molecule has 1 amide bonds. The lowest BCUT2D eigenvalue weighted by atomic mass is 10.1. The molecule has 0 aromatic carbocycles. The maximum atomic E-state index is 12.0. The summed E-state index contributed by atoms with van der Waals surface area (Å²) >= 11 is 4.04. The molecule has 0 aromatic heterocycles. The Morgan fingerprint density at radius 2 is 2.35 bits per heavy atom. The highest BCUT2D eigenvalue weighted by molar-refractivity contribution is 7.80. The van der Waals surface area contributed by atoms with E-state index in [0.717, 1.165) is 0 Å². The first-order valence-corrected chi connectivity index (χ1v) is 5.87. The molecule has 0 aromatic rings. The Balaban J connectivity index is 2.85. The van der Waals surface area contributed by atoms with E-state index in [1.165, 1.54) is 12.0 Å². The minimum absolute atomic E-state index is 0.210. The van der Waals surface area contributed by atoms with E-state index >= 15 is 0 Å². The third kappa shape index (κ3) is 3.12. The Morgan fingerprint density at radius 1 is 1.71 bits per heavy atom. The summed E-state index contributed by atoms with van der Waals surface area (Å²) in [7, 11) is 1.39. The molecule has 0 saturated carbocycles. The third-order valence-corrected chi connectivity index (χ3v) is 3.19. The molecule has 0 radical (unpaired) electrons. The minimum atomic E-state index is -1.02. The van der Waals surface area contributed by atoms with Gasteiger partial charge in [0.1, 0.15) is 13.2 Å². The van der Waals surface area contributed by atoms with Crippen LogP contribution in [0.1, 0.15) is 13.3 Å². The highest BCUT2D eigenvalue weighted by Gasteiger charge is 2.39. The van der Waals surface area contributed by atoms with Crippen LogP contribution in [0.5, 0.6) is 0 Å². The number of aliphatic carboxylic acids is 1. The number of carboxylic acids is 1. The average molecular weight is 260 g/mol. The zero-order valence-electron chi connectivity index (χ0n) is 9.79. The van der Waals surface area contributed by atoms with Crippen molar-refractivity contribution in [1.29, 1.82) is 0 Å². The van der Waals surface area contributed by atoms with Gasteiger partial charge >= 0.3 is 5.97 Å². The monoisotopic (exact) mass is 260 g/mol. The summed E-state index contributed by atoms with van der Waals surface area (Å²) in [6.07, 6.45) is 0.216. The van der Waals surface area contributed by atoms with E-state index < -0.39 is 12.0 Å². The molecular formula is C10H16N2O4S. The highest BCUT2D eigenvalue weighted by Crippen LogP contribution is 2.19. The summed E-state index contributed by atoms with van der Waals surface area (Å²) in [5.41, 5.74) is 0.569. The lowest BCUT2D eigenvalue weighted by Crippen LogP contribution is -2.43. The van der Waals surface area contributed by atoms with Gasteiger partial charge in [0.2, 0.25) is 5.91 Å². The lowest BCUT2D eigenvalue weighted by molar-refractivity contribution is -0.149. The highest BCUT2D eigenvalue weighted by atomic mass is 32.1. The molecule has 1 heterocycles. The van der Waals surface area contributed by atoms with Crippen LogP contribution in [0.2, 0.25) is 0 Å². The number of hydrogen-bond acceptors (Lipinski definition) is 5. The quantitative estimate of drug-likeness (QED) is 0.560. The van der Waals surface area contributed by atoms with Crippen molar-refractivity contribution < 1.29 is 19.5 Å². The van der Waals surface area contributed by atoms with Crippen LogP contribution in [0.3, 0.4) is 0 Å². The molecule has 1 aliphatic rings. The molecule has 17 heavy (non-hydrogen) atoms. The van der Waals surface area contributed by atoms with Gasteiger partial charge in [0, 0.05) is 18.1 Å². The molecule has 0 spiro atoms. The van der Waals surface area contributed by atoms with Crippen LogP contribution in [0.15, 0.2) is 5.16 Å². The van der Waals surface area contributed by atoms with Gasteiger partial charge in [-0.3, -0.25) is 4.79 Å². The molecule has 1 fully saturated rings. The van der Waals surface area contributed by atoms with Crippen LogP contribution in [0.4, 0.5) is 0 Å². The zero-order valence-corrected chi connectivity index (χ0v) is 10.7. The predicted molar refractivity (Wildman–Crippen MR) is 65.2 cm³/mol. The van der Waals surface area contributed by atoms with Crippen molar-refractivity contribution in [2.45, 2.75) is 19.4 Å². The molecule has 1 rings (SSSR count). The number of likely N-dealkylation sites (tertiary alicyclic amines) is 1. The van der Waals surface area contributed by atoms with Gasteiger partial charge in [0.15, 0.2) is 0 Å². The molecule has 2 atom stereocenters. The van der Waals surface area contributed by atoms with E-state index in [9.17, 15) is 9.59 Å². The fourth-order valence-electron chi connectivity index (χ4n) is 1.71. The number of carbonyl (C=O) groups excluding carboxylic acids is 1. The van der Waals surface area contributed by atoms with E-state index in [2.05, 4.69) is 22.6 Å². The van der Waals surface area contributed by atoms with Gasteiger partial charge in [-0.05, 0) is 0 Å². The summed E-state index contributed by atoms with van der Waals surface area (Å²) in [4.78, 5) is 29.0. The molecule has 0 bridgehead atoms. The molecule has 7 heteroatoms. The second kappa shape index (κ2) is 5.90. The fraction of sp³-hybridized carbons (Fsp3) is 0.700. The fourth-order valence-corrected chi connectivity index (χ4v) is 1.87. The smallest absolute Gasteiger partial charge is 0.326 e. The van der Waals surface area contributed by atoms with Crippen molar-refractivity contribution in [2.75, 3.05) is 19.4 Å². The number of carbonyl (C=O) groups is 2. The Morgan fingerprint density at radius 3 is 2.82 bits per heavy atom. The Kier molecular flexibility index (Phi) is 4.80. The van der Waals surface area contributed by atoms with Gasteiger partial charge in [0.25, 0.3) is 0 Å². The Labute approximate surface area is 105 Å². The van der Waals surface area contributed by atoms with Gasteiger partial charge in [-0.15, -0.1) is 0 Å². The van der Waals surface area contributed by atoms with E-state index in [1.807, 2.05) is 0 Å². The molecule has 6 nitrogen and oxygen atoms in total. The standard InChI is InChI=1S/C10H16N2O4S/c1-6(5-17)9(13)12-4-7(11-16-2)3-8(12)10(14)15/h6,8,17H,3-5H2,1-2H3,(H,14,15)/b11-7+/t6?,8-/m0/s1. The zero-order chi connectivity index (χ0) is 13.0. The minimum Gasteiger partial charge on any atom is -0.480 e. The van der Waals surface area contributed by atoms with Gasteiger partial charge in [0.05, 0.1) is 12.3 Å². The van der Waals surface area contributed by atoms with Gasteiger partial charge in [-0.25, -0.2) is 4.79 Å². The normalized spacial score (nSPS) is 23.8. The number of thiol groups is 1. The summed E-state index contributed by atoms with van der Waals surface area (Å²) in [5.74, 6) is -1.15. The number of nitrogens with zero attached hydrogens (tertiary/aromatic N) is 2. The second-order valence-electron chi connectivity index (χ2n) is 3.95. The van der Waals surface area contributed by atoms with Crippen molar-refractivity contribution in [3.8, 4) is 0 Å². The van der Waals surface area contributed by atoms with Crippen molar-refractivity contribution in [3.05, 3.63) is 0 Å². The first kappa shape index (κ1) is 13.8. The van der Waals surface area contributed by atoms with Crippen LogP contribution in [0.25, 0.3) is 0 Å². The molecule has 1 unspecified atom stereocenters. The van der Waals surface area contributed by atoms with E-state index in [-0.39, 0.29) is 24.8 Å². The molecule has 1 aliphatic heterocycles. The molecule has 96 valence electrons.